The fourth-order valence-corrected chi connectivity index (χ4v) is 1.90. The average molecular weight is 213 g/mol. The molecule has 3 N–H and O–H groups in total. The van der Waals surface area contributed by atoms with Crippen molar-refractivity contribution >= 4 is 11.8 Å². The van der Waals surface area contributed by atoms with Crippen LogP contribution in [0.1, 0.15) is 26.2 Å². The number of likely N-dealkylation sites (N-methyl/N-ethyl adjacent to an activating group) is 1. The van der Waals surface area contributed by atoms with Gasteiger partial charge in [0, 0.05) is 26.1 Å². The summed E-state index contributed by atoms with van der Waals surface area (Å²) in [6, 6.07) is -0.440. The first-order chi connectivity index (χ1) is 7.06. The van der Waals surface area contributed by atoms with Crippen molar-refractivity contribution in [1.29, 1.82) is 0 Å². The molecule has 0 aromatic carbocycles. The Morgan fingerprint density at radius 3 is 2.80 bits per heavy atom. The summed E-state index contributed by atoms with van der Waals surface area (Å²) in [5.41, 5.74) is 5.57. The van der Waals surface area contributed by atoms with Gasteiger partial charge in [-0.15, -0.1) is 0 Å². The minimum Gasteiger partial charge on any atom is -0.357 e. The molecule has 0 aliphatic carbocycles. The maximum atomic E-state index is 11.8. The fourth-order valence-electron chi connectivity index (χ4n) is 1.90. The molecule has 0 aromatic heterocycles. The summed E-state index contributed by atoms with van der Waals surface area (Å²) < 4.78 is 0. The van der Waals surface area contributed by atoms with Crippen molar-refractivity contribution in [3.63, 3.8) is 0 Å². The molecule has 2 unspecified atom stereocenters. The van der Waals surface area contributed by atoms with Gasteiger partial charge < -0.3 is 16.0 Å². The molecule has 86 valence electrons. The van der Waals surface area contributed by atoms with Crippen LogP contribution in [0, 0.1) is 0 Å². The zero-order valence-corrected chi connectivity index (χ0v) is 9.32. The number of nitrogens with zero attached hydrogens (tertiary/aromatic N) is 1. The van der Waals surface area contributed by atoms with Crippen molar-refractivity contribution in [3.8, 4) is 0 Å². The number of nitrogens with one attached hydrogen (secondary N) is 1. The normalized spacial score (nSPS) is 22.6. The van der Waals surface area contributed by atoms with Crippen molar-refractivity contribution in [3.05, 3.63) is 0 Å². The molecule has 5 nitrogen and oxygen atoms in total. The first-order valence-corrected chi connectivity index (χ1v) is 5.33. The zero-order valence-electron chi connectivity index (χ0n) is 9.32. The molecule has 5 heteroatoms. The van der Waals surface area contributed by atoms with Crippen molar-refractivity contribution in [2.24, 2.45) is 5.73 Å². The molecule has 1 heterocycles. The Hall–Kier alpha value is -1.10. The maximum absolute atomic E-state index is 11.8. The minimum atomic E-state index is -0.291. The standard InChI is InChI=1S/C10H19N3O2/c1-7(11)6-9(14)13-5-3-4-8(13)10(15)12-2/h7-8H,3-6,11H2,1-2H3,(H,12,15). The summed E-state index contributed by atoms with van der Waals surface area (Å²) in [7, 11) is 1.59. The Kier molecular flexibility index (Phi) is 4.08. The number of hydrogen-bond donors (Lipinski definition) is 2. The van der Waals surface area contributed by atoms with E-state index in [2.05, 4.69) is 5.32 Å². The molecule has 1 fully saturated rings. The van der Waals surface area contributed by atoms with Crippen LogP contribution in [0.2, 0.25) is 0 Å². The largest absolute Gasteiger partial charge is 0.357 e. The van der Waals surface area contributed by atoms with E-state index in [0.29, 0.717) is 13.0 Å². The van der Waals surface area contributed by atoms with E-state index in [1.165, 1.54) is 0 Å². The molecule has 1 aliphatic heterocycles. The van der Waals surface area contributed by atoms with Gasteiger partial charge in [-0.1, -0.05) is 0 Å². The third-order valence-corrected chi connectivity index (χ3v) is 2.62. The topological polar surface area (TPSA) is 75.4 Å². The molecule has 0 radical (unpaired) electrons. The van der Waals surface area contributed by atoms with Crippen LogP contribution in [-0.2, 0) is 9.59 Å². The van der Waals surface area contributed by atoms with Crippen LogP contribution >= 0.6 is 0 Å². The second kappa shape index (κ2) is 5.11. The molecule has 0 saturated carbocycles. The molecular weight excluding hydrogens is 194 g/mol. The zero-order chi connectivity index (χ0) is 11.4. The van der Waals surface area contributed by atoms with E-state index in [4.69, 9.17) is 5.73 Å². The van der Waals surface area contributed by atoms with E-state index in [1.54, 1.807) is 18.9 Å². The number of hydrogen-bond acceptors (Lipinski definition) is 3. The van der Waals surface area contributed by atoms with Crippen LogP contribution in [-0.4, -0.2) is 42.4 Å². The summed E-state index contributed by atoms with van der Waals surface area (Å²) in [4.78, 5) is 24.9. The lowest BCUT2D eigenvalue weighted by Gasteiger charge is -2.24. The minimum absolute atomic E-state index is 0.0175. The van der Waals surface area contributed by atoms with Gasteiger partial charge in [-0.25, -0.2) is 0 Å². The van der Waals surface area contributed by atoms with Gasteiger partial charge in [0.1, 0.15) is 6.04 Å². The van der Waals surface area contributed by atoms with Gasteiger partial charge in [0.05, 0.1) is 0 Å². The van der Waals surface area contributed by atoms with Crippen LogP contribution in [0.5, 0.6) is 0 Å². The number of carbonyl (C=O) groups is 2. The molecule has 1 rings (SSSR count). The summed E-state index contributed by atoms with van der Waals surface area (Å²) in [5, 5.41) is 2.58. The Morgan fingerprint density at radius 2 is 2.27 bits per heavy atom. The molecule has 2 amide bonds. The van der Waals surface area contributed by atoms with Crippen molar-refractivity contribution in [2.75, 3.05) is 13.6 Å². The molecule has 1 saturated heterocycles. The van der Waals surface area contributed by atoms with Gasteiger partial charge >= 0.3 is 0 Å². The highest BCUT2D eigenvalue weighted by atomic mass is 16.2. The first-order valence-electron chi connectivity index (χ1n) is 5.33. The van der Waals surface area contributed by atoms with Gasteiger partial charge in [-0.3, -0.25) is 9.59 Å². The molecule has 15 heavy (non-hydrogen) atoms. The number of likely N-dealkylation sites (tertiary alicyclic amines) is 1. The Morgan fingerprint density at radius 1 is 1.60 bits per heavy atom. The number of carbonyl (C=O) groups excluding carboxylic acids is 2. The molecule has 1 aliphatic rings. The maximum Gasteiger partial charge on any atom is 0.242 e. The van der Waals surface area contributed by atoms with E-state index in [9.17, 15) is 9.59 Å². The summed E-state index contributed by atoms with van der Waals surface area (Å²) in [6.07, 6.45) is 1.96. The van der Waals surface area contributed by atoms with Crippen LogP contribution < -0.4 is 11.1 Å². The van der Waals surface area contributed by atoms with Crippen LogP contribution in [0.3, 0.4) is 0 Å². The predicted molar refractivity (Wildman–Crippen MR) is 57.1 cm³/mol. The number of nitrogens with two attached hydrogens (primary N) is 1. The van der Waals surface area contributed by atoms with Gasteiger partial charge in [0.2, 0.25) is 11.8 Å². The second-order valence-corrected chi connectivity index (χ2v) is 4.04. The van der Waals surface area contributed by atoms with Gasteiger partial charge in [0.15, 0.2) is 0 Å². The SMILES string of the molecule is CNC(=O)C1CCCN1C(=O)CC(C)N. The van der Waals surface area contributed by atoms with E-state index in [-0.39, 0.29) is 23.9 Å². The van der Waals surface area contributed by atoms with Crippen LogP contribution in [0.25, 0.3) is 0 Å². The summed E-state index contributed by atoms with van der Waals surface area (Å²) in [5.74, 6) is -0.0957. The summed E-state index contributed by atoms with van der Waals surface area (Å²) in [6.45, 7) is 2.46. The molecular formula is C10H19N3O2. The Bertz CT molecular complexity index is 253. The molecule has 2 atom stereocenters. The van der Waals surface area contributed by atoms with E-state index < -0.39 is 0 Å². The monoisotopic (exact) mass is 213 g/mol. The molecule has 0 aromatic rings. The average Bonchev–Trinajstić information content (AvgIpc) is 2.63. The highest BCUT2D eigenvalue weighted by Gasteiger charge is 2.33. The fraction of sp³-hybridized carbons (Fsp3) is 0.800. The number of amides is 2. The lowest BCUT2D eigenvalue weighted by molar-refractivity contribution is -0.138. The van der Waals surface area contributed by atoms with Gasteiger partial charge in [-0.2, -0.15) is 0 Å². The van der Waals surface area contributed by atoms with Crippen LogP contribution in [0.15, 0.2) is 0 Å². The Balaban J connectivity index is 2.60. The lowest BCUT2D eigenvalue weighted by atomic mass is 10.2. The van der Waals surface area contributed by atoms with Gasteiger partial charge in [0.25, 0.3) is 0 Å². The van der Waals surface area contributed by atoms with Crippen molar-refractivity contribution in [2.45, 2.75) is 38.3 Å². The molecule has 0 spiro atoms. The smallest absolute Gasteiger partial charge is 0.242 e. The van der Waals surface area contributed by atoms with Crippen LogP contribution in [0.4, 0.5) is 0 Å². The first kappa shape index (κ1) is 12.0. The highest BCUT2D eigenvalue weighted by molar-refractivity contribution is 5.88. The Labute approximate surface area is 90.0 Å². The van der Waals surface area contributed by atoms with Crippen molar-refractivity contribution in [1.82, 2.24) is 10.2 Å². The third kappa shape index (κ3) is 2.92. The molecule has 0 bridgehead atoms. The second-order valence-electron chi connectivity index (χ2n) is 4.04. The number of rotatable bonds is 3. The van der Waals surface area contributed by atoms with Crippen molar-refractivity contribution < 1.29 is 9.59 Å². The van der Waals surface area contributed by atoms with E-state index in [1.807, 2.05) is 0 Å². The quantitative estimate of drug-likeness (QED) is 0.661. The van der Waals surface area contributed by atoms with Gasteiger partial charge in [-0.05, 0) is 19.8 Å². The third-order valence-electron chi connectivity index (χ3n) is 2.62. The lowest BCUT2D eigenvalue weighted by Crippen LogP contribution is -2.46. The van der Waals surface area contributed by atoms with E-state index >= 15 is 0 Å². The summed E-state index contributed by atoms with van der Waals surface area (Å²) >= 11 is 0. The highest BCUT2D eigenvalue weighted by Crippen LogP contribution is 2.18. The predicted octanol–water partition coefficient (Wildman–Crippen LogP) is -0.539. The van der Waals surface area contributed by atoms with E-state index in [0.717, 1.165) is 12.8 Å².